The predicted octanol–water partition coefficient (Wildman–Crippen LogP) is 6.65. The molecule has 0 aliphatic carbocycles. The Balaban J connectivity index is 1.57. The fourth-order valence-electron chi connectivity index (χ4n) is 7.04. The number of methoxy groups -OCH3 is 1. The Bertz CT molecular complexity index is 1930. The van der Waals surface area contributed by atoms with E-state index in [4.69, 9.17) is 42.3 Å². The predicted molar refractivity (Wildman–Crippen MR) is 223 cm³/mol. The van der Waals surface area contributed by atoms with Crippen LogP contribution in [0.25, 0.3) is 10.4 Å². The standard InChI is InChI=1S/C44H57N3O13Si/c1-27(2)44(4,5)61(7,8)60-43-39(56-28(3)48)36(54-25-30-20-14-10-15-21-30)37(38(59-43)41(51)52-6)58-42-33(46-47-45)35(53-24-29-18-12-9-13-19-29)34(49)32(57-42)26-55-40(50)31-22-16-11-17-23-31/h9-23,27,32-39,42-43,49H,24-26H2,1-8H3/t32-,33-,34-,35-,36+,37+,38-,39-,42-,43-/m1/s1. The van der Waals surface area contributed by atoms with Crippen LogP contribution >= 0.6 is 0 Å². The minimum Gasteiger partial charge on any atom is -0.467 e. The third-order valence-corrected chi connectivity index (χ3v) is 16.2. The number of aliphatic hydroxyl groups is 1. The maximum atomic E-state index is 13.9. The SMILES string of the molecule is COC(=O)[C@@H]1O[C@H](O[Si](C)(C)C(C)(C)C(C)C)[C@H](OC(C)=O)[C@@H](OCc2ccccc2)[C@@H]1O[C@H]1O[C@H](COC(=O)c2ccccc2)[C@@H](O)[C@H](OCc2ccccc2)[C@H]1N=[N+]=[N-]. The third kappa shape index (κ3) is 11.8. The summed E-state index contributed by atoms with van der Waals surface area (Å²) in [6, 6.07) is 25.1. The number of carbonyl (C=O) groups is 3. The number of nitrogens with zero attached hydrogens (tertiary/aromatic N) is 3. The number of hydrogen-bond acceptors (Lipinski definition) is 14. The molecular formula is C44H57N3O13Si. The Morgan fingerprint density at radius 2 is 1.39 bits per heavy atom. The van der Waals surface area contributed by atoms with Crippen LogP contribution in [0, 0.1) is 5.92 Å². The van der Waals surface area contributed by atoms with Gasteiger partial charge in [-0.25, -0.2) is 9.59 Å². The molecule has 17 heteroatoms. The molecule has 330 valence electrons. The van der Waals surface area contributed by atoms with Gasteiger partial charge in [0.05, 0.1) is 32.0 Å². The van der Waals surface area contributed by atoms with Gasteiger partial charge >= 0.3 is 17.9 Å². The molecule has 2 aliphatic rings. The molecule has 3 aromatic carbocycles. The highest BCUT2D eigenvalue weighted by Gasteiger charge is 2.58. The molecule has 2 aliphatic heterocycles. The number of aliphatic hydroxyl groups excluding tert-OH is 1. The summed E-state index contributed by atoms with van der Waals surface area (Å²) >= 11 is 0. The van der Waals surface area contributed by atoms with E-state index in [1.807, 2.05) is 73.8 Å². The third-order valence-electron chi connectivity index (χ3n) is 11.7. The van der Waals surface area contributed by atoms with Gasteiger partial charge in [0.25, 0.3) is 0 Å². The smallest absolute Gasteiger partial charge is 0.338 e. The van der Waals surface area contributed by atoms with E-state index in [0.717, 1.165) is 11.1 Å². The van der Waals surface area contributed by atoms with Gasteiger partial charge < -0.3 is 47.4 Å². The second-order valence-electron chi connectivity index (χ2n) is 16.3. The van der Waals surface area contributed by atoms with Crippen molar-refractivity contribution in [3.8, 4) is 0 Å². The first-order chi connectivity index (χ1) is 29.1. The minimum absolute atomic E-state index is 0.0245. The van der Waals surface area contributed by atoms with Gasteiger partial charge in [0.15, 0.2) is 33.1 Å². The molecule has 2 fully saturated rings. The first-order valence-corrected chi connectivity index (χ1v) is 23.1. The van der Waals surface area contributed by atoms with Gasteiger partial charge in [0.1, 0.15) is 37.1 Å². The minimum atomic E-state index is -2.79. The van der Waals surface area contributed by atoms with E-state index >= 15 is 0 Å². The molecule has 2 saturated heterocycles. The van der Waals surface area contributed by atoms with E-state index < -0.39 is 94.2 Å². The largest absolute Gasteiger partial charge is 0.467 e. The molecule has 3 aromatic rings. The molecule has 16 nitrogen and oxygen atoms in total. The highest BCUT2D eigenvalue weighted by Crippen LogP contribution is 2.46. The summed E-state index contributed by atoms with van der Waals surface area (Å²) in [6.07, 6.45) is -12.8. The van der Waals surface area contributed by atoms with Gasteiger partial charge in [0, 0.05) is 11.8 Å². The van der Waals surface area contributed by atoms with Crippen LogP contribution < -0.4 is 0 Å². The zero-order valence-electron chi connectivity index (χ0n) is 35.8. The fourth-order valence-corrected chi connectivity index (χ4v) is 9.50. The summed E-state index contributed by atoms with van der Waals surface area (Å²) < 4.78 is 55.9. The van der Waals surface area contributed by atoms with Gasteiger partial charge in [-0.2, -0.15) is 0 Å². The van der Waals surface area contributed by atoms with Crippen molar-refractivity contribution >= 4 is 26.2 Å². The molecule has 0 aromatic heterocycles. The second kappa shape index (κ2) is 21.4. The van der Waals surface area contributed by atoms with Crippen LogP contribution in [0.3, 0.4) is 0 Å². The molecule has 61 heavy (non-hydrogen) atoms. The van der Waals surface area contributed by atoms with Crippen LogP contribution in [0.4, 0.5) is 0 Å². The zero-order chi connectivity index (χ0) is 44.3. The summed E-state index contributed by atoms with van der Waals surface area (Å²) in [5.74, 6) is -2.07. The lowest BCUT2D eigenvalue weighted by atomic mass is 9.95. The number of hydrogen-bond donors (Lipinski definition) is 1. The average molecular weight is 864 g/mol. The summed E-state index contributed by atoms with van der Waals surface area (Å²) in [5.41, 5.74) is 11.6. The molecule has 10 atom stereocenters. The van der Waals surface area contributed by atoms with Crippen molar-refractivity contribution < 1.29 is 61.8 Å². The number of ether oxygens (including phenoxy) is 8. The van der Waals surface area contributed by atoms with Gasteiger partial charge in [-0.3, -0.25) is 4.79 Å². The maximum Gasteiger partial charge on any atom is 0.338 e. The van der Waals surface area contributed by atoms with Crippen molar-refractivity contribution in [3.63, 3.8) is 0 Å². The average Bonchev–Trinajstić information content (AvgIpc) is 3.24. The molecule has 0 unspecified atom stereocenters. The van der Waals surface area contributed by atoms with Crippen LogP contribution in [0.2, 0.25) is 18.1 Å². The second-order valence-corrected chi connectivity index (χ2v) is 20.9. The van der Waals surface area contributed by atoms with Crippen molar-refractivity contribution in [3.05, 3.63) is 118 Å². The highest BCUT2D eigenvalue weighted by molar-refractivity contribution is 6.74. The highest BCUT2D eigenvalue weighted by atomic mass is 28.4. The van der Waals surface area contributed by atoms with Crippen molar-refractivity contribution in [2.24, 2.45) is 11.0 Å². The molecule has 0 bridgehead atoms. The Morgan fingerprint density at radius 1 is 0.836 bits per heavy atom. The molecule has 0 amide bonds. The maximum absolute atomic E-state index is 13.9. The Hall–Kier alpha value is -4.68. The normalized spacial score (nSPS) is 26.8. The van der Waals surface area contributed by atoms with Crippen molar-refractivity contribution in [2.75, 3.05) is 13.7 Å². The lowest BCUT2D eigenvalue weighted by molar-refractivity contribution is -0.340. The summed E-state index contributed by atoms with van der Waals surface area (Å²) in [7, 11) is -1.61. The van der Waals surface area contributed by atoms with E-state index in [1.165, 1.54) is 14.0 Å². The molecule has 2 heterocycles. The first-order valence-electron chi connectivity index (χ1n) is 20.2. The Labute approximate surface area is 357 Å². The van der Waals surface area contributed by atoms with E-state index in [9.17, 15) is 25.0 Å². The first kappa shape index (κ1) is 47.4. The summed E-state index contributed by atoms with van der Waals surface area (Å²) in [6.45, 7) is 13.1. The molecule has 0 spiro atoms. The van der Waals surface area contributed by atoms with Crippen molar-refractivity contribution in [1.82, 2.24) is 0 Å². The van der Waals surface area contributed by atoms with Gasteiger partial charge in [0.2, 0.25) is 0 Å². The lowest BCUT2D eigenvalue weighted by Gasteiger charge is -2.50. The van der Waals surface area contributed by atoms with E-state index in [0.29, 0.717) is 0 Å². The number of benzene rings is 3. The van der Waals surface area contributed by atoms with E-state index in [-0.39, 0.29) is 29.7 Å². The van der Waals surface area contributed by atoms with Crippen LogP contribution in [-0.2, 0) is 65.1 Å². The monoisotopic (exact) mass is 863 g/mol. The number of azide groups is 1. The van der Waals surface area contributed by atoms with Crippen LogP contribution in [-0.4, -0.2) is 106 Å². The Kier molecular flexibility index (Phi) is 16.6. The number of carbonyl (C=O) groups excluding carboxylic acids is 3. The van der Waals surface area contributed by atoms with Crippen molar-refractivity contribution in [2.45, 2.75) is 127 Å². The van der Waals surface area contributed by atoms with Crippen molar-refractivity contribution in [1.29, 1.82) is 0 Å². The van der Waals surface area contributed by atoms with Crippen LogP contribution in [0.5, 0.6) is 0 Å². The summed E-state index contributed by atoms with van der Waals surface area (Å²) in [5, 5.41) is 15.4. The van der Waals surface area contributed by atoms with Gasteiger partial charge in [-0.15, -0.1) is 0 Å². The Morgan fingerprint density at radius 3 is 1.92 bits per heavy atom. The molecule has 5 rings (SSSR count). The molecule has 1 N–H and O–H groups in total. The zero-order valence-corrected chi connectivity index (χ0v) is 36.8. The van der Waals surface area contributed by atoms with E-state index in [1.54, 1.807) is 30.3 Å². The van der Waals surface area contributed by atoms with Gasteiger partial charge in [-0.05, 0) is 52.8 Å². The van der Waals surface area contributed by atoms with Gasteiger partial charge in [-0.1, -0.05) is 112 Å². The quantitative estimate of drug-likeness (QED) is 0.0356. The number of rotatable bonds is 18. The molecule has 0 saturated carbocycles. The number of esters is 3. The summed E-state index contributed by atoms with van der Waals surface area (Å²) in [4.78, 5) is 42.9. The lowest BCUT2D eigenvalue weighted by Crippen LogP contribution is -2.67. The van der Waals surface area contributed by atoms with E-state index in [2.05, 4.69) is 37.7 Å². The molecular weight excluding hydrogens is 807 g/mol. The van der Waals surface area contributed by atoms with Crippen LogP contribution in [0.1, 0.15) is 56.1 Å². The topological polar surface area (TPSA) is 203 Å². The van der Waals surface area contributed by atoms with Crippen LogP contribution in [0.15, 0.2) is 96.1 Å². The molecule has 0 radical (unpaired) electrons. The fraction of sp³-hybridized carbons (Fsp3) is 0.523.